The van der Waals surface area contributed by atoms with Gasteiger partial charge in [0.25, 0.3) is 0 Å². The fourth-order valence-electron chi connectivity index (χ4n) is 2.65. The van der Waals surface area contributed by atoms with E-state index in [2.05, 4.69) is 4.98 Å². The van der Waals surface area contributed by atoms with Gasteiger partial charge in [-0.05, 0) is 31.0 Å². The van der Waals surface area contributed by atoms with Gasteiger partial charge < -0.3 is 4.90 Å². The molecule has 3 rings (SSSR count). The van der Waals surface area contributed by atoms with Gasteiger partial charge in [0.2, 0.25) is 5.91 Å². The van der Waals surface area contributed by atoms with Crippen LogP contribution in [-0.4, -0.2) is 34.6 Å². The van der Waals surface area contributed by atoms with Crippen molar-refractivity contribution < 1.29 is 4.79 Å². The molecule has 1 aliphatic heterocycles. The number of halogens is 1. The number of benzene rings is 1. The Bertz CT molecular complexity index is 651. The van der Waals surface area contributed by atoms with E-state index in [1.54, 1.807) is 11.3 Å². The fraction of sp³-hybridized carbons (Fsp3) is 0.500. The normalized spacial score (nSPS) is 16.5. The number of thiazole rings is 1. The lowest BCUT2D eigenvalue weighted by Gasteiger charge is -2.24. The lowest BCUT2D eigenvalue weighted by Crippen LogP contribution is -2.35. The Labute approximate surface area is 144 Å². The number of amides is 1. The number of rotatable bonds is 3. The van der Waals surface area contributed by atoms with Gasteiger partial charge in [0.15, 0.2) is 4.34 Å². The molecule has 0 radical (unpaired) electrons. The second kappa shape index (κ2) is 7.66. The number of carbonyl (C=O) groups excluding carboxylic acids is 1. The molecule has 0 aliphatic carbocycles. The molecule has 0 unspecified atom stereocenters. The first-order chi connectivity index (χ1) is 10.7. The maximum absolute atomic E-state index is 12.4. The highest BCUT2D eigenvalue weighted by Gasteiger charge is 2.16. The van der Waals surface area contributed by atoms with Crippen LogP contribution >= 0.6 is 34.7 Å². The van der Waals surface area contributed by atoms with Gasteiger partial charge in [0.1, 0.15) is 0 Å². The molecule has 1 fully saturated rings. The second-order valence-corrected chi connectivity index (χ2v) is 8.22. The maximum atomic E-state index is 12.4. The van der Waals surface area contributed by atoms with Crippen molar-refractivity contribution in [3.8, 4) is 0 Å². The summed E-state index contributed by atoms with van der Waals surface area (Å²) in [6, 6.07) is 5.74. The summed E-state index contributed by atoms with van der Waals surface area (Å²) >= 11 is 9.15. The topological polar surface area (TPSA) is 33.2 Å². The van der Waals surface area contributed by atoms with Gasteiger partial charge in [-0.15, -0.1) is 11.3 Å². The molecule has 1 aromatic heterocycles. The van der Waals surface area contributed by atoms with Gasteiger partial charge >= 0.3 is 0 Å². The summed E-state index contributed by atoms with van der Waals surface area (Å²) < 4.78 is 2.06. The Morgan fingerprint density at radius 1 is 1.23 bits per heavy atom. The molecule has 3 nitrogen and oxygen atoms in total. The third-order valence-corrected chi connectivity index (χ3v) is 6.26. The maximum Gasteiger partial charge on any atom is 0.233 e. The van der Waals surface area contributed by atoms with Crippen LogP contribution in [0.15, 0.2) is 22.5 Å². The van der Waals surface area contributed by atoms with E-state index in [-0.39, 0.29) is 5.91 Å². The lowest BCUT2D eigenvalue weighted by atomic mass is 10.1. The second-order valence-electron chi connectivity index (χ2n) is 5.53. The summed E-state index contributed by atoms with van der Waals surface area (Å²) in [5.41, 5.74) is 0.915. The molecule has 0 saturated carbocycles. The van der Waals surface area contributed by atoms with Crippen molar-refractivity contribution in [2.45, 2.75) is 36.4 Å². The zero-order valence-electron chi connectivity index (χ0n) is 12.4. The van der Waals surface area contributed by atoms with E-state index in [4.69, 9.17) is 11.6 Å². The summed E-state index contributed by atoms with van der Waals surface area (Å²) in [6.07, 6.45) is 6.07. The van der Waals surface area contributed by atoms with Crippen LogP contribution in [-0.2, 0) is 4.79 Å². The molecule has 2 aromatic rings. The molecule has 1 saturated heterocycles. The highest BCUT2D eigenvalue weighted by Crippen LogP contribution is 2.31. The Morgan fingerprint density at radius 3 is 2.73 bits per heavy atom. The van der Waals surface area contributed by atoms with Crippen molar-refractivity contribution in [1.29, 1.82) is 0 Å². The fourth-order valence-corrected chi connectivity index (χ4v) is 4.77. The predicted molar refractivity (Wildman–Crippen MR) is 95.0 cm³/mol. The van der Waals surface area contributed by atoms with Crippen molar-refractivity contribution in [1.82, 2.24) is 9.88 Å². The van der Waals surface area contributed by atoms with Crippen molar-refractivity contribution in [2.75, 3.05) is 18.8 Å². The first kappa shape index (κ1) is 16.1. The molecule has 22 heavy (non-hydrogen) atoms. The smallest absolute Gasteiger partial charge is 0.233 e. The van der Waals surface area contributed by atoms with E-state index >= 15 is 0 Å². The number of likely N-dealkylation sites (tertiary alicyclic amines) is 1. The first-order valence-electron chi connectivity index (χ1n) is 7.69. The van der Waals surface area contributed by atoms with E-state index < -0.39 is 0 Å². The molecule has 0 spiro atoms. The Morgan fingerprint density at radius 2 is 1.95 bits per heavy atom. The van der Waals surface area contributed by atoms with E-state index in [9.17, 15) is 4.79 Å². The molecular formula is C16H19ClN2OS2. The molecule has 2 heterocycles. The minimum atomic E-state index is 0.240. The van der Waals surface area contributed by atoms with Gasteiger partial charge in [0, 0.05) is 18.1 Å². The number of carbonyl (C=O) groups is 1. The van der Waals surface area contributed by atoms with E-state index in [0.717, 1.165) is 40.5 Å². The third kappa shape index (κ3) is 4.15. The van der Waals surface area contributed by atoms with Crippen LogP contribution in [0.5, 0.6) is 0 Å². The van der Waals surface area contributed by atoms with Crippen LogP contribution in [0.1, 0.15) is 32.1 Å². The van der Waals surface area contributed by atoms with Crippen LogP contribution < -0.4 is 0 Å². The quantitative estimate of drug-likeness (QED) is 0.740. The van der Waals surface area contributed by atoms with E-state index in [1.165, 1.54) is 31.0 Å². The summed E-state index contributed by atoms with van der Waals surface area (Å²) in [6.45, 7) is 1.82. The van der Waals surface area contributed by atoms with Crippen molar-refractivity contribution in [3.63, 3.8) is 0 Å². The summed E-state index contributed by atoms with van der Waals surface area (Å²) in [5, 5.41) is 0.700. The summed E-state index contributed by atoms with van der Waals surface area (Å²) in [5.74, 6) is 0.720. The van der Waals surface area contributed by atoms with Gasteiger partial charge in [0.05, 0.1) is 16.0 Å². The highest BCUT2D eigenvalue weighted by molar-refractivity contribution is 8.01. The monoisotopic (exact) mass is 354 g/mol. The predicted octanol–water partition coefficient (Wildman–Crippen LogP) is 4.83. The zero-order chi connectivity index (χ0) is 15.4. The number of nitrogens with zero attached hydrogens (tertiary/aromatic N) is 2. The number of hydrogen-bond acceptors (Lipinski definition) is 4. The van der Waals surface area contributed by atoms with Crippen molar-refractivity contribution in [2.24, 2.45) is 0 Å². The number of thioether (sulfide) groups is 1. The Kier molecular flexibility index (Phi) is 5.61. The average molecular weight is 355 g/mol. The Balaban J connectivity index is 1.59. The number of aromatic nitrogens is 1. The van der Waals surface area contributed by atoms with Crippen molar-refractivity contribution in [3.05, 3.63) is 23.2 Å². The largest absolute Gasteiger partial charge is 0.342 e. The molecule has 1 amide bonds. The highest BCUT2D eigenvalue weighted by atomic mass is 35.5. The molecule has 0 N–H and O–H groups in total. The number of hydrogen-bond donors (Lipinski definition) is 0. The standard InChI is InChI=1S/C16H19ClN2OS2/c17-12-6-7-14-13(10-12)18-16(22-14)21-11-15(20)19-8-4-2-1-3-5-9-19/h6-7,10H,1-5,8-9,11H2. The average Bonchev–Trinajstić information content (AvgIpc) is 2.86. The molecule has 1 aliphatic rings. The Hall–Kier alpha value is -0.780. The third-order valence-electron chi connectivity index (χ3n) is 3.86. The first-order valence-corrected chi connectivity index (χ1v) is 9.87. The van der Waals surface area contributed by atoms with E-state index in [0.29, 0.717) is 10.8 Å². The van der Waals surface area contributed by atoms with Gasteiger partial charge in [-0.2, -0.15) is 0 Å². The SMILES string of the molecule is O=C(CSc1nc2cc(Cl)ccc2s1)N1CCCCCCC1. The van der Waals surface area contributed by atoms with Crippen LogP contribution in [0, 0.1) is 0 Å². The van der Waals surface area contributed by atoms with Gasteiger partial charge in [-0.3, -0.25) is 4.79 Å². The molecule has 1 aromatic carbocycles. The minimum Gasteiger partial charge on any atom is -0.342 e. The minimum absolute atomic E-state index is 0.240. The lowest BCUT2D eigenvalue weighted by molar-refractivity contribution is -0.128. The van der Waals surface area contributed by atoms with Crippen LogP contribution in [0.25, 0.3) is 10.2 Å². The van der Waals surface area contributed by atoms with Crippen LogP contribution in [0.4, 0.5) is 0 Å². The number of fused-ring (bicyclic) bond motifs is 1. The summed E-state index contributed by atoms with van der Waals surface area (Å²) in [7, 11) is 0. The summed E-state index contributed by atoms with van der Waals surface area (Å²) in [4.78, 5) is 18.9. The van der Waals surface area contributed by atoms with Crippen molar-refractivity contribution >= 4 is 50.8 Å². The molecule has 6 heteroatoms. The zero-order valence-corrected chi connectivity index (χ0v) is 14.8. The van der Waals surface area contributed by atoms with Crippen LogP contribution in [0.3, 0.4) is 0 Å². The molecular weight excluding hydrogens is 336 g/mol. The molecule has 0 atom stereocenters. The molecule has 118 valence electrons. The van der Waals surface area contributed by atoms with Gasteiger partial charge in [-0.1, -0.05) is 42.6 Å². The van der Waals surface area contributed by atoms with E-state index in [1.807, 2.05) is 23.1 Å². The van der Waals surface area contributed by atoms with Gasteiger partial charge in [-0.25, -0.2) is 4.98 Å². The molecule has 0 bridgehead atoms. The van der Waals surface area contributed by atoms with Crippen LogP contribution in [0.2, 0.25) is 5.02 Å².